The van der Waals surface area contributed by atoms with Crippen LogP contribution in [-0.2, 0) is 9.53 Å². The van der Waals surface area contributed by atoms with Gasteiger partial charge >= 0.3 is 5.97 Å². The summed E-state index contributed by atoms with van der Waals surface area (Å²) >= 11 is 0. The minimum Gasteiger partial charge on any atom is -0.461 e. The second kappa shape index (κ2) is 8.19. The monoisotopic (exact) mass is 379 g/mol. The zero-order chi connectivity index (χ0) is 20.1. The minimum absolute atomic E-state index is 0.197. The van der Waals surface area contributed by atoms with Crippen molar-refractivity contribution in [2.45, 2.75) is 20.3 Å². The fourth-order valence-electron chi connectivity index (χ4n) is 2.92. The molecular weight excluding hydrogens is 358 g/mol. The van der Waals surface area contributed by atoms with E-state index in [0.29, 0.717) is 35.6 Å². The number of aryl methyl sites for hydroxylation is 1. The third kappa shape index (κ3) is 4.02. The van der Waals surface area contributed by atoms with Gasteiger partial charge in [0.25, 0.3) is 0 Å². The van der Waals surface area contributed by atoms with E-state index in [4.69, 9.17) is 4.74 Å². The van der Waals surface area contributed by atoms with Crippen molar-refractivity contribution in [3.8, 4) is 23.2 Å². The van der Waals surface area contributed by atoms with E-state index in [0.717, 1.165) is 0 Å². The number of aliphatic hydroxyl groups excluding tert-OH is 1. The molecule has 1 aliphatic rings. The van der Waals surface area contributed by atoms with Crippen LogP contribution in [-0.4, -0.2) is 46.7 Å². The summed E-state index contributed by atoms with van der Waals surface area (Å²) in [6.45, 7) is 3.96. The molecule has 0 aliphatic carbocycles. The molecule has 2 heterocycles. The maximum atomic E-state index is 12.0. The molecule has 2 aromatic rings. The second-order valence-electron chi connectivity index (χ2n) is 6.52. The van der Waals surface area contributed by atoms with E-state index in [2.05, 4.69) is 27.1 Å². The van der Waals surface area contributed by atoms with Crippen LogP contribution < -0.4 is 5.32 Å². The van der Waals surface area contributed by atoms with Gasteiger partial charge < -0.3 is 15.2 Å². The Morgan fingerprint density at radius 1 is 1.36 bits per heavy atom. The topological polar surface area (TPSA) is 101 Å². The Morgan fingerprint density at radius 3 is 2.86 bits per heavy atom. The lowest BCUT2D eigenvalue weighted by atomic mass is 9.88. The number of ether oxygens (including phenoxy) is 1. The van der Waals surface area contributed by atoms with Crippen LogP contribution in [0, 0.1) is 24.2 Å². The molecule has 3 rings (SSSR count). The summed E-state index contributed by atoms with van der Waals surface area (Å²) in [4.78, 5) is 32.7. The SMILES string of the molecule is CCOC(=O)c1cc(C)nc(-c2cccc(C#C[C@@]3(CO)CCNC3=O)c2)n1. The molecule has 2 N–H and O–H groups in total. The summed E-state index contributed by atoms with van der Waals surface area (Å²) in [5.41, 5.74) is 1.13. The molecule has 1 fully saturated rings. The molecule has 1 atom stereocenters. The summed E-state index contributed by atoms with van der Waals surface area (Å²) in [6.07, 6.45) is 0.471. The molecule has 144 valence electrons. The number of rotatable bonds is 4. The highest BCUT2D eigenvalue weighted by atomic mass is 16.5. The maximum absolute atomic E-state index is 12.0. The fourth-order valence-corrected chi connectivity index (χ4v) is 2.92. The van der Waals surface area contributed by atoms with Crippen molar-refractivity contribution in [1.29, 1.82) is 0 Å². The number of carbonyl (C=O) groups excluding carboxylic acids is 2. The number of aromatic nitrogens is 2. The number of carbonyl (C=O) groups is 2. The highest BCUT2D eigenvalue weighted by molar-refractivity contribution is 5.88. The van der Waals surface area contributed by atoms with Crippen LogP contribution in [0.25, 0.3) is 11.4 Å². The average molecular weight is 379 g/mol. The highest BCUT2D eigenvalue weighted by Crippen LogP contribution is 2.25. The summed E-state index contributed by atoms with van der Waals surface area (Å²) in [6, 6.07) is 8.79. The van der Waals surface area contributed by atoms with Crippen molar-refractivity contribution < 1.29 is 19.4 Å². The maximum Gasteiger partial charge on any atom is 0.357 e. The first-order valence-corrected chi connectivity index (χ1v) is 9.03. The smallest absolute Gasteiger partial charge is 0.357 e. The predicted molar refractivity (Wildman–Crippen MR) is 102 cm³/mol. The van der Waals surface area contributed by atoms with Crippen molar-refractivity contribution in [3.05, 3.63) is 47.3 Å². The van der Waals surface area contributed by atoms with Crippen LogP contribution in [0.1, 0.15) is 35.1 Å². The molecular formula is C21H21N3O4. The molecule has 1 aliphatic heterocycles. The lowest BCUT2D eigenvalue weighted by Crippen LogP contribution is -2.33. The molecule has 0 spiro atoms. The molecule has 0 radical (unpaired) electrons. The number of nitrogens with one attached hydrogen (secondary N) is 1. The third-order valence-electron chi connectivity index (χ3n) is 4.45. The minimum atomic E-state index is -1.06. The first-order chi connectivity index (χ1) is 13.5. The van der Waals surface area contributed by atoms with Crippen LogP contribution in [0.4, 0.5) is 0 Å². The first-order valence-electron chi connectivity index (χ1n) is 9.03. The van der Waals surface area contributed by atoms with Crippen molar-refractivity contribution in [2.75, 3.05) is 19.8 Å². The van der Waals surface area contributed by atoms with E-state index >= 15 is 0 Å². The average Bonchev–Trinajstić information content (AvgIpc) is 3.07. The van der Waals surface area contributed by atoms with E-state index in [1.165, 1.54) is 0 Å². The number of hydrogen-bond acceptors (Lipinski definition) is 6. The number of benzene rings is 1. The van der Waals surface area contributed by atoms with Crippen molar-refractivity contribution >= 4 is 11.9 Å². The van der Waals surface area contributed by atoms with Gasteiger partial charge in [0.15, 0.2) is 11.5 Å². The van der Waals surface area contributed by atoms with E-state index in [1.807, 2.05) is 6.07 Å². The number of esters is 1. The molecule has 0 saturated carbocycles. The lowest BCUT2D eigenvalue weighted by Gasteiger charge is -2.15. The quantitative estimate of drug-likeness (QED) is 0.616. The molecule has 7 heteroatoms. The molecule has 0 unspecified atom stereocenters. The van der Waals surface area contributed by atoms with Gasteiger partial charge in [0.1, 0.15) is 5.41 Å². The van der Waals surface area contributed by atoms with Gasteiger partial charge in [0, 0.05) is 23.4 Å². The largest absolute Gasteiger partial charge is 0.461 e. The van der Waals surface area contributed by atoms with Gasteiger partial charge in [-0.15, -0.1) is 0 Å². The van der Waals surface area contributed by atoms with Gasteiger partial charge in [-0.3, -0.25) is 4.79 Å². The lowest BCUT2D eigenvalue weighted by molar-refractivity contribution is -0.126. The zero-order valence-corrected chi connectivity index (χ0v) is 15.8. The fraction of sp³-hybridized carbons (Fsp3) is 0.333. The zero-order valence-electron chi connectivity index (χ0n) is 15.8. The number of amides is 1. The van der Waals surface area contributed by atoms with Crippen molar-refractivity contribution in [1.82, 2.24) is 15.3 Å². The summed E-state index contributed by atoms with van der Waals surface area (Å²) < 4.78 is 5.01. The van der Waals surface area contributed by atoms with Gasteiger partial charge in [0.05, 0.1) is 13.2 Å². The van der Waals surface area contributed by atoms with Crippen LogP contribution in [0.3, 0.4) is 0 Å². The van der Waals surface area contributed by atoms with Crippen LogP contribution in [0.15, 0.2) is 30.3 Å². The first kappa shape index (κ1) is 19.5. The standard InChI is InChI=1S/C21H21N3O4/c1-3-28-19(26)17-11-14(2)23-18(24-17)16-6-4-5-15(12-16)7-8-21(13-25)9-10-22-20(21)27/h4-6,11-12,25H,3,9-10,13H2,1-2H3,(H,22,27)/t21-/m0/s1. The Kier molecular flexibility index (Phi) is 5.71. The Hall–Kier alpha value is -3.24. The Balaban J connectivity index is 1.94. The Bertz CT molecular complexity index is 977. The van der Waals surface area contributed by atoms with Crippen LogP contribution in [0.2, 0.25) is 0 Å². The van der Waals surface area contributed by atoms with E-state index < -0.39 is 11.4 Å². The van der Waals surface area contributed by atoms with E-state index in [-0.39, 0.29) is 24.8 Å². The number of nitrogens with zero attached hydrogens (tertiary/aromatic N) is 2. The number of hydrogen-bond donors (Lipinski definition) is 2. The van der Waals surface area contributed by atoms with Crippen LogP contribution in [0.5, 0.6) is 0 Å². The van der Waals surface area contributed by atoms with Gasteiger partial charge in [-0.2, -0.15) is 0 Å². The molecule has 1 saturated heterocycles. The van der Waals surface area contributed by atoms with Crippen LogP contribution >= 0.6 is 0 Å². The summed E-state index contributed by atoms with van der Waals surface area (Å²) in [5, 5.41) is 12.3. The second-order valence-corrected chi connectivity index (χ2v) is 6.52. The van der Waals surface area contributed by atoms with E-state index in [9.17, 15) is 14.7 Å². The molecule has 1 aromatic carbocycles. The molecule has 28 heavy (non-hydrogen) atoms. The Morgan fingerprint density at radius 2 is 2.18 bits per heavy atom. The molecule has 0 bridgehead atoms. The van der Waals surface area contributed by atoms with Gasteiger partial charge in [-0.1, -0.05) is 24.0 Å². The van der Waals surface area contributed by atoms with E-state index in [1.54, 1.807) is 38.1 Å². The van der Waals surface area contributed by atoms with Crippen molar-refractivity contribution in [2.24, 2.45) is 5.41 Å². The summed E-state index contributed by atoms with van der Waals surface area (Å²) in [7, 11) is 0. The van der Waals surface area contributed by atoms with Gasteiger partial charge in [-0.25, -0.2) is 14.8 Å². The van der Waals surface area contributed by atoms with Crippen molar-refractivity contribution in [3.63, 3.8) is 0 Å². The van der Waals surface area contributed by atoms with Gasteiger partial charge in [-0.05, 0) is 38.5 Å². The molecule has 7 nitrogen and oxygen atoms in total. The predicted octanol–water partition coefficient (Wildman–Crippen LogP) is 1.48. The Labute approximate surface area is 163 Å². The van der Waals surface area contributed by atoms with Gasteiger partial charge in [0.2, 0.25) is 5.91 Å². The highest BCUT2D eigenvalue weighted by Gasteiger charge is 2.40. The third-order valence-corrected chi connectivity index (χ3v) is 4.45. The normalized spacial score (nSPS) is 18.2. The molecule has 1 amide bonds. The molecule has 1 aromatic heterocycles. The number of aliphatic hydroxyl groups is 1. The summed E-state index contributed by atoms with van der Waals surface area (Å²) in [5.74, 6) is 5.54.